The number of nitrogens with one attached hydrogen (secondary N) is 3. The summed E-state index contributed by atoms with van der Waals surface area (Å²) >= 11 is 0. The smallest absolute Gasteiger partial charge is 0.490 e. The summed E-state index contributed by atoms with van der Waals surface area (Å²) in [6.45, 7) is 3.36. The van der Waals surface area contributed by atoms with Crippen LogP contribution in [0.15, 0.2) is 61.1 Å². The maximum Gasteiger partial charge on any atom is 0.490 e. The Hall–Kier alpha value is -4.48. The molecule has 0 radical (unpaired) electrons. The van der Waals surface area contributed by atoms with E-state index in [4.69, 9.17) is 14.6 Å². The van der Waals surface area contributed by atoms with E-state index in [1.54, 1.807) is 12.4 Å². The average molecular weight is 533 g/mol. The number of aromatic amines is 2. The van der Waals surface area contributed by atoms with E-state index in [1.165, 1.54) is 0 Å². The molecule has 0 aliphatic heterocycles. The highest BCUT2D eigenvalue weighted by molar-refractivity contribution is 5.86. The number of carbonyl (C=O) groups is 2. The Labute approximate surface area is 215 Å². The van der Waals surface area contributed by atoms with Crippen LogP contribution in [0.5, 0.6) is 5.75 Å². The fourth-order valence-electron chi connectivity index (χ4n) is 3.88. The number of halogens is 3. The van der Waals surface area contributed by atoms with Crippen LogP contribution in [0.3, 0.4) is 0 Å². The van der Waals surface area contributed by atoms with Gasteiger partial charge in [0.1, 0.15) is 5.75 Å². The largest absolute Gasteiger partial charge is 0.493 e. The van der Waals surface area contributed by atoms with E-state index < -0.39 is 18.1 Å². The van der Waals surface area contributed by atoms with Gasteiger partial charge in [-0.25, -0.2) is 9.78 Å². The first-order valence-corrected chi connectivity index (χ1v) is 11.6. The van der Waals surface area contributed by atoms with E-state index in [0.717, 1.165) is 52.3 Å². The van der Waals surface area contributed by atoms with Crippen molar-refractivity contribution in [3.8, 4) is 5.75 Å². The Bertz CT molecular complexity index is 1350. The number of hydrogen-bond donors (Lipinski definition) is 5. The standard InChI is InChI=1S/C24H26N4O3.C2HF3O2/c1-16-5-2-3-6-18(16)20(14-23(29)30)21-15-28-22-13-17(7-8-19(21)22)31-12-4-9-25-24-26-10-11-27-24;3-2(4,5)1(6)7/h2-3,5-8,10-11,13,15,20,28H,4,9,12,14H2,1H3,(H,29,30)(H2,25,26,27);(H,6,7). The maximum atomic E-state index is 11.6. The normalized spacial score (nSPS) is 11.9. The molecule has 38 heavy (non-hydrogen) atoms. The van der Waals surface area contributed by atoms with Crippen LogP contribution < -0.4 is 10.1 Å². The third-order valence-corrected chi connectivity index (χ3v) is 5.63. The van der Waals surface area contributed by atoms with Crippen molar-refractivity contribution in [2.75, 3.05) is 18.5 Å². The van der Waals surface area contributed by atoms with E-state index in [9.17, 15) is 23.1 Å². The molecule has 4 rings (SSSR count). The Kier molecular flexibility index (Phi) is 9.36. The molecule has 9 nitrogen and oxygen atoms in total. The number of hydrogen-bond acceptors (Lipinski definition) is 5. The van der Waals surface area contributed by atoms with E-state index in [-0.39, 0.29) is 12.3 Å². The van der Waals surface area contributed by atoms with Crippen LogP contribution in [-0.4, -0.2) is 56.4 Å². The third kappa shape index (κ3) is 7.76. The monoisotopic (exact) mass is 532 g/mol. The van der Waals surface area contributed by atoms with E-state index >= 15 is 0 Å². The van der Waals surface area contributed by atoms with Gasteiger partial charge in [0, 0.05) is 48.0 Å². The Morgan fingerprint density at radius 2 is 1.84 bits per heavy atom. The summed E-state index contributed by atoms with van der Waals surface area (Å²) in [6.07, 6.45) is 1.20. The minimum absolute atomic E-state index is 0.0404. The zero-order valence-corrected chi connectivity index (χ0v) is 20.4. The predicted octanol–water partition coefficient (Wildman–Crippen LogP) is 5.32. The average Bonchev–Trinajstić information content (AvgIpc) is 3.52. The van der Waals surface area contributed by atoms with Crippen LogP contribution in [-0.2, 0) is 9.59 Å². The van der Waals surface area contributed by atoms with Crippen molar-refractivity contribution in [1.82, 2.24) is 15.0 Å². The van der Waals surface area contributed by atoms with Gasteiger partial charge >= 0.3 is 18.1 Å². The van der Waals surface area contributed by atoms with Gasteiger partial charge in [0.15, 0.2) is 5.95 Å². The van der Waals surface area contributed by atoms with Gasteiger partial charge in [-0.1, -0.05) is 24.3 Å². The molecular formula is C26H27F3N4O5. The molecule has 2 aromatic carbocycles. The third-order valence-electron chi connectivity index (χ3n) is 5.63. The molecule has 2 aromatic heterocycles. The van der Waals surface area contributed by atoms with E-state index in [1.807, 2.05) is 55.6 Å². The van der Waals surface area contributed by atoms with Gasteiger partial charge in [0.25, 0.3) is 0 Å². The van der Waals surface area contributed by atoms with Gasteiger partial charge in [-0.05, 0) is 42.2 Å². The highest BCUT2D eigenvalue weighted by Crippen LogP contribution is 2.36. The number of anilines is 1. The summed E-state index contributed by atoms with van der Waals surface area (Å²) in [5.41, 5.74) is 4.05. The molecule has 0 saturated carbocycles. The van der Waals surface area contributed by atoms with Crippen LogP contribution in [0.1, 0.15) is 35.4 Å². The molecule has 1 atom stereocenters. The molecule has 0 spiro atoms. The second-order valence-electron chi connectivity index (χ2n) is 8.33. The summed E-state index contributed by atoms with van der Waals surface area (Å²) in [6, 6.07) is 13.9. The molecule has 1 unspecified atom stereocenters. The van der Waals surface area contributed by atoms with Gasteiger partial charge < -0.3 is 30.2 Å². The van der Waals surface area contributed by atoms with Crippen molar-refractivity contribution in [3.63, 3.8) is 0 Å². The van der Waals surface area contributed by atoms with Crippen LogP contribution >= 0.6 is 0 Å². The Balaban J connectivity index is 0.000000505. The van der Waals surface area contributed by atoms with Crippen molar-refractivity contribution >= 4 is 28.8 Å². The minimum Gasteiger partial charge on any atom is -0.493 e. The lowest BCUT2D eigenvalue weighted by molar-refractivity contribution is -0.192. The van der Waals surface area contributed by atoms with Crippen molar-refractivity contribution in [1.29, 1.82) is 0 Å². The van der Waals surface area contributed by atoms with Gasteiger partial charge in [-0.2, -0.15) is 13.2 Å². The zero-order valence-electron chi connectivity index (χ0n) is 20.4. The molecule has 5 N–H and O–H groups in total. The topological polar surface area (TPSA) is 140 Å². The number of nitrogens with zero attached hydrogens (tertiary/aromatic N) is 1. The summed E-state index contributed by atoms with van der Waals surface area (Å²) in [7, 11) is 0. The molecule has 0 aliphatic carbocycles. The number of H-pyrrole nitrogens is 2. The lowest BCUT2D eigenvalue weighted by Gasteiger charge is -2.17. The van der Waals surface area contributed by atoms with Gasteiger partial charge in [-0.15, -0.1) is 0 Å². The number of carboxylic acids is 2. The van der Waals surface area contributed by atoms with Crippen molar-refractivity contribution in [2.45, 2.75) is 31.9 Å². The Morgan fingerprint density at radius 1 is 1.11 bits per heavy atom. The highest BCUT2D eigenvalue weighted by atomic mass is 19.4. The van der Waals surface area contributed by atoms with Crippen LogP contribution in [0.2, 0.25) is 0 Å². The first kappa shape index (κ1) is 28.1. The fourth-order valence-corrected chi connectivity index (χ4v) is 3.88. The number of aromatic nitrogens is 3. The van der Waals surface area contributed by atoms with Crippen molar-refractivity contribution in [2.24, 2.45) is 0 Å². The molecule has 4 aromatic rings. The molecule has 202 valence electrons. The van der Waals surface area contributed by atoms with Crippen molar-refractivity contribution < 1.29 is 37.7 Å². The second kappa shape index (κ2) is 12.7. The van der Waals surface area contributed by atoms with E-state index in [2.05, 4.69) is 20.3 Å². The summed E-state index contributed by atoms with van der Waals surface area (Å²) in [5, 5.41) is 20.8. The summed E-state index contributed by atoms with van der Waals surface area (Å²) in [5.74, 6) is -2.25. The van der Waals surface area contributed by atoms with Crippen LogP contribution in [0, 0.1) is 6.92 Å². The number of aliphatic carboxylic acids is 2. The fraction of sp³-hybridized carbons (Fsp3) is 0.269. The lowest BCUT2D eigenvalue weighted by atomic mass is 9.86. The first-order chi connectivity index (χ1) is 18.1. The molecule has 0 aliphatic rings. The van der Waals surface area contributed by atoms with Crippen LogP contribution in [0.25, 0.3) is 10.9 Å². The maximum absolute atomic E-state index is 11.6. The number of aryl methyl sites for hydroxylation is 1. The molecule has 0 bridgehead atoms. The lowest BCUT2D eigenvalue weighted by Crippen LogP contribution is -2.21. The molecular weight excluding hydrogens is 505 g/mol. The second-order valence-corrected chi connectivity index (χ2v) is 8.33. The van der Waals surface area contributed by atoms with E-state index in [0.29, 0.717) is 6.61 Å². The SMILES string of the molecule is Cc1ccccc1C(CC(=O)O)c1c[nH]c2cc(OCCCNc3ncc[nH]3)ccc12.O=C(O)C(F)(F)F. The zero-order chi connectivity index (χ0) is 27.7. The summed E-state index contributed by atoms with van der Waals surface area (Å²) in [4.78, 5) is 30.9. The van der Waals surface area contributed by atoms with Crippen LogP contribution in [0.4, 0.5) is 19.1 Å². The summed E-state index contributed by atoms with van der Waals surface area (Å²) < 4.78 is 37.6. The number of carboxylic acid groups (broad SMARTS) is 2. The molecule has 0 fully saturated rings. The van der Waals surface area contributed by atoms with Gasteiger partial charge in [0.05, 0.1) is 13.0 Å². The number of fused-ring (bicyclic) bond motifs is 1. The molecule has 12 heteroatoms. The number of imidazole rings is 1. The molecule has 0 amide bonds. The number of rotatable bonds is 10. The quantitative estimate of drug-likeness (QED) is 0.174. The van der Waals surface area contributed by atoms with Crippen molar-refractivity contribution in [3.05, 3.63) is 77.7 Å². The number of benzene rings is 2. The highest BCUT2D eigenvalue weighted by Gasteiger charge is 2.38. The molecule has 2 heterocycles. The van der Waals surface area contributed by atoms with Gasteiger partial charge in [-0.3, -0.25) is 4.79 Å². The number of ether oxygens (including phenoxy) is 1. The number of alkyl halides is 3. The Morgan fingerprint density at radius 3 is 2.47 bits per heavy atom. The first-order valence-electron chi connectivity index (χ1n) is 11.6. The minimum atomic E-state index is -5.08. The van der Waals surface area contributed by atoms with Gasteiger partial charge in [0.2, 0.25) is 0 Å². The molecule has 0 saturated heterocycles. The predicted molar refractivity (Wildman–Crippen MR) is 134 cm³/mol.